The molecule has 0 fully saturated rings. The van der Waals surface area contributed by atoms with Crippen molar-refractivity contribution in [1.29, 1.82) is 0 Å². The molecule has 9 heteroatoms. The number of rotatable bonds is 9. The molecular weight excluding hydrogens is 444 g/mol. The van der Waals surface area contributed by atoms with E-state index in [4.69, 9.17) is 9.15 Å². The Morgan fingerprint density at radius 3 is 2.36 bits per heavy atom. The van der Waals surface area contributed by atoms with E-state index in [9.17, 15) is 18.0 Å². The third-order valence-corrected chi connectivity index (χ3v) is 7.64. The highest BCUT2D eigenvalue weighted by Gasteiger charge is 2.21. The number of amides is 1. The highest BCUT2D eigenvalue weighted by Crippen LogP contribution is 2.24. The molecule has 0 bridgehead atoms. The van der Waals surface area contributed by atoms with Crippen molar-refractivity contribution in [3.63, 3.8) is 0 Å². The van der Waals surface area contributed by atoms with Gasteiger partial charge in [0.25, 0.3) is 0 Å². The number of benzene rings is 2. The van der Waals surface area contributed by atoms with Crippen LogP contribution in [0.3, 0.4) is 0 Å². The number of hydrogen-bond acceptors (Lipinski definition) is 6. The van der Waals surface area contributed by atoms with Gasteiger partial charge in [-0.05, 0) is 55.3 Å². The summed E-state index contributed by atoms with van der Waals surface area (Å²) in [5, 5.41) is 3.53. The molecule has 0 aliphatic heterocycles. The third kappa shape index (κ3) is 5.26. The Kier molecular flexibility index (Phi) is 7.55. The Balaban J connectivity index is 1.70. The number of methoxy groups -OCH3 is 1. The van der Waals surface area contributed by atoms with Crippen LogP contribution in [0.25, 0.3) is 11.0 Å². The van der Waals surface area contributed by atoms with Crippen molar-refractivity contribution in [2.45, 2.75) is 38.5 Å². The van der Waals surface area contributed by atoms with Gasteiger partial charge in [0, 0.05) is 42.2 Å². The molecule has 1 amide bonds. The van der Waals surface area contributed by atoms with E-state index in [1.54, 1.807) is 38.1 Å². The van der Waals surface area contributed by atoms with E-state index in [-0.39, 0.29) is 23.6 Å². The fraction of sp³-hybridized carbons (Fsp3) is 0.333. The summed E-state index contributed by atoms with van der Waals surface area (Å²) in [6.07, 6.45) is 0.295. The quantitative estimate of drug-likeness (QED) is 0.476. The van der Waals surface area contributed by atoms with Crippen LogP contribution in [0.4, 0.5) is 5.69 Å². The zero-order chi connectivity index (χ0) is 24.2. The van der Waals surface area contributed by atoms with E-state index in [0.717, 1.165) is 10.9 Å². The second-order valence-electron chi connectivity index (χ2n) is 7.52. The highest BCUT2D eigenvalue weighted by molar-refractivity contribution is 7.89. The summed E-state index contributed by atoms with van der Waals surface area (Å²) in [7, 11) is -2.02. The number of nitrogens with one attached hydrogen (secondary N) is 1. The van der Waals surface area contributed by atoms with Gasteiger partial charge in [-0.1, -0.05) is 13.8 Å². The lowest BCUT2D eigenvalue weighted by Crippen LogP contribution is -2.30. The van der Waals surface area contributed by atoms with Crippen molar-refractivity contribution < 1.29 is 22.4 Å². The van der Waals surface area contributed by atoms with Crippen LogP contribution < -0.4 is 15.7 Å². The minimum Gasteiger partial charge on any atom is -0.497 e. The average molecular weight is 473 g/mol. The van der Waals surface area contributed by atoms with E-state index in [1.165, 1.54) is 23.5 Å². The maximum Gasteiger partial charge on any atom is 0.339 e. The maximum absolute atomic E-state index is 12.6. The van der Waals surface area contributed by atoms with Crippen LogP contribution in [0.5, 0.6) is 5.75 Å². The molecule has 176 valence electrons. The first-order valence-corrected chi connectivity index (χ1v) is 12.2. The summed E-state index contributed by atoms with van der Waals surface area (Å²) in [6, 6.07) is 11.3. The predicted molar refractivity (Wildman–Crippen MR) is 127 cm³/mol. The molecule has 0 spiro atoms. The lowest BCUT2D eigenvalue weighted by atomic mass is 10.0. The Bertz CT molecular complexity index is 1310. The minimum absolute atomic E-state index is 0.0761. The standard InChI is InChI=1S/C24H28N2O6S/c1-5-26(6-2)33(29,30)19-10-7-17(8-11-19)25-23(27)14-13-21-16(3)20-12-9-18(31-4)15-22(20)32-24(21)28/h7-12,15H,5-6,13-14H2,1-4H3,(H,25,27). The number of sulfonamides is 1. The molecule has 1 heterocycles. The number of carbonyl (C=O) groups is 1. The first kappa shape index (κ1) is 24.5. The summed E-state index contributed by atoms with van der Waals surface area (Å²) in [5.41, 5.74) is 1.65. The lowest BCUT2D eigenvalue weighted by molar-refractivity contribution is -0.116. The number of anilines is 1. The Hall–Kier alpha value is -3.17. The Morgan fingerprint density at radius 1 is 1.09 bits per heavy atom. The van der Waals surface area contributed by atoms with Crippen molar-refractivity contribution in [2.75, 3.05) is 25.5 Å². The van der Waals surface area contributed by atoms with E-state index in [0.29, 0.717) is 35.7 Å². The van der Waals surface area contributed by atoms with Crippen molar-refractivity contribution in [3.8, 4) is 5.75 Å². The first-order chi connectivity index (χ1) is 15.7. The molecule has 0 atom stereocenters. The molecule has 3 rings (SSSR count). The summed E-state index contributed by atoms with van der Waals surface area (Å²) in [5.74, 6) is 0.302. The molecule has 0 aliphatic carbocycles. The SMILES string of the molecule is CCN(CC)S(=O)(=O)c1ccc(NC(=O)CCc2c(C)c3ccc(OC)cc3oc2=O)cc1. The van der Waals surface area contributed by atoms with Crippen molar-refractivity contribution in [3.05, 3.63) is 64.0 Å². The summed E-state index contributed by atoms with van der Waals surface area (Å²) in [4.78, 5) is 25.1. The molecule has 0 saturated carbocycles. The summed E-state index contributed by atoms with van der Waals surface area (Å²) >= 11 is 0. The highest BCUT2D eigenvalue weighted by atomic mass is 32.2. The van der Waals surface area contributed by atoms with Crippen LogP contribution in [-0.4, -0.2) is 38.8 Å². The smallest absolute Gasteiger partial charge is 0.339 e. The predicted octanol–water partition coefficient (Wildman–Crippen LogP) is 3.71. The maximum atomic E-state index is 12.6. The van der Waals surface area contributed by atoms with Crippen LogP contribution in [0.2, 0.25) is 0 Å². The number of carbonyl (C=O) groups excluding carboxylic acids is 1. The molecule has 8 nitrogen and oxygen atoms in total. The van der Waals surface area contributed by atoms with Crippen LogP contribution in [0, 0.1) is 6.92 Å². The molecule has 0 unspecified atom stereocenters. The van der Waals surface area contributed by atoms with Gasteiger partial charge in [0.1, 0.15) is 11.3 Å². The fourth-order valence-electron chi connectivity index (χ4n) is 3.68. The number of fused-ring (bicyclic) bond motifs is 1. The number of ether oxygens (including phenoxy) is 1. The molecule has 0 radical (unpaired) electrons. The van der Waals surface area contributed by atoms with Gasteiger partial charge in [-0.15, -0.1) is 0 Å². The van der Waals surface area contributed by atoms with Crippen LogP contribution in [0.1, 0.15) is 31.4 Å². The Morgan fingerprint density at radius 2 is 1.76 bits per heavy atom. The first-order valence-electron chi connectivity index (χ1n) is 10.7. The van der Waals surface area contributed by atoms with Crippen molar-refractivity contribution >= 4 is 32.6 Å². The molecule has 3 aromatic rings. The lowest BCUT2D eigenvalue weighted by Gasteiger charge is -2.18. The van der Waals surface area contributed by atoms with Gasteiger partial charge in [-0.25, -0.2) is 13.2 Å². The molecule has 0 aliphatic rings. The van der Waals surface area contributed by atoms with Crippen molar-refractivity contribution in [2.24, 2.45) is 0 Å². The van der Waals surface area contributed by atoms with E-state index in [2.05, 4.69) is 5.32 Å². The van der Waals surface area contributed by atoms with E-state index < -0.39 is 15.6 Å². The molecule has 1 N–H and O–H groups in total. The van der Waals surface area contributed by atoms with Gasteiger partial charge < -0.3 is 14.5 Å². The van der Waals surface area contributed by atoms with Crippen LogP contribution >= 0.6 is 0 Å². The second kappa shape index (κ2) is 10.2. The van der Waals surface area contributed by atoms with E-state index >= 15 is 0 Å². The van der Waals surface area contributed by atoms with Gasteiger partial charge in [-0.3, -0.25) is 4.79 Å². The number of hydrogen-bond donors (Lipinski definition) is 1. The molecular formula is C24H28N2O6S. The van der Waals surface area contributed by atoms with Gasteiger partial charge >= 0.3 is 5.63 Å². The normalized spacial score (nSPS) is 11.7. The largest absolute Gasteiger partial charge is 0.497 e. The van der Waals surface area contributed by atoms with E-state index in [1.807, 2.05) is 13.0 Å². The molecule has 0 saturated heterocycles. The monoisotopic (exact) mass is 472 g/mol. The minimum atomic E-state index is -3.56. The van der Waals surface area contributed by atoms with Gasteiger partial charge in [-0.2, -0.15) is 4.31 Å². The number of aryl methyl sites for hydroxylation is 1. The second-order valence-corrected chi connectivity index (χ2v) is 9.45. The topological polar surface area (TPSA) is 106 Å². The third-order valence-electron chi connectivity index (χ3n) is 5.58. The van der Waals surface area contributed by atoms with Gasteiger partial charge in [0.2, 0.25) is 15.9 Å². The molecule has 33 heavy (non-hydrogen) atoms. The molecule has 2 aromatic carbocycles. The zero-order valence-electron chi connectivity index (χ0n) is 19.2. The zero-order valence-corrected chi connectivity index (χ0v) is 20.0. The fourth-order valence-corrected chi connectivity index (χ4v) is 5.13. The molecule has 1 aromatic heterocycles. The summed E-state index contributed by atoms with van der Waals surface area (Å²) < 4.78 is 37.1. The van der Waals surface area contributed by atoms with Crippen molar-refractivity contribution in [1.82, 2.24) is 4.31 Å². The van der Waals surface area contributed by atoms with Crippen LogP contribution in [0.15, 0.2) is 56.6 Å². The van der Waals surface area contributed by atoms with Crippen LogP contribution in [-0.2, 0) is 21.2 Å². The Labute approximate surface area is 193 Å². The summed E-state index contributed by atoms with van der Waals surface area (Å²) in [6.45, 7) is 6.16. The number of nitrogens with zero attached hydrogens (tertiary/aromatic N) is 1. The van der Waals surface area contributed by atoms with Gasteiger partial charge in [0.05, 0.1) is 12.0 Å². The average Bonchev–Trinajstić information content (AvgIpc) is 2.79. The van der Waals surface area contributed by atoms with Gasteiger partial charge in [0.15, 0.2) is 0 Å².